The zero-order chi connectivity index (χ0) is 26.9. The smallest absolute Gasteiger partial charge is 0.405 e. The van der Waals surface area contributed by atoms with Crippen molar-refractivity contribution in [2.24, 2.45) is 0 Å². The van der Waals surface area contributed by atoms with Crippen LogP contribution in [0.2, 0.25) is 0 Å². The molecular weight excluding hydrogens is 461 g/mol. The fourth-order valence-corrected chi connectivity index (χ4v) is 3.04. The highest BCUT2D eigenvalue weighted by Crippen LogP contribution is 2.38. The number of alkyl halides is 3. The van der Waals surface area contributed by atoms with Crippen LogP contribution in [-0.2, 0) is 0 Å². The van der Waals surface area contributed by atoms with Gasteiger partial charge in [-0.3, -0.25) is 9.36 Å². The number of phenolic OH excluding ortho intramolecular Hbond substituents is 2. The van der Waals surface area contributed by atoms with Crippen molar-refractivity contribution in [1.82, 2.24) is 20.1 Å². The van der Waals surface area contributed by atoms with E-state index in [1.165, 1.54) is 10.6 Å². The molecule has 3 N–H and O–H groups in total. The molecule has 7 nitrogen and oxygen atoms in total. The highest BCUT2D eigenvalue weighted by Gasteiger charge is 2.30. The number of nitrogens with one attached hydrogen (secondary N) is 1. The van der Waals surface area contributed by atoms with Gasteiger partial charge in [0, 0.05) is 11.8 Å². The topological polar surface area (TPSA) is 100 Å². The molecule has 3 rings (SSSR count). The zero-order valence-corrected chi connectivity index (χ0v) is 21.0. The summed E-state index contributed by atoms with van der Waals surface area (Å²) in [6.07, 6.45) is -4.59. The molecular formula is C25H33F3N4O3. The average molecular weight is 495 g/mol. The van der Waals surface area contributed by atoms with E-state index in [1.807, 2.05) is 48.5 Å². The minimum absolute atomic E-state index is 0.0420. The highest BCUT2D eigenvalue weighted by molar-refractivity contribution is 5.92. The molecule has 0 spiro atoms. The molecule has 0 saturated heterocycles. The number of hydrogen-bond donors (Lipinski definition) is 3. The molecule has 192 valence electrons. The van der Waals surface area contributed by atoms with E-state index >= 15 is 0 Å². The van der Waals surface area contributed by atoms with Crippen LogP contribution < -0.4 is 5.32 Å². The van der Waals surface area contributed by atoms with Crippen molar-refractivity contribution in [2.45, 2.75) is 60.6 Å². The number of phenols is 2. The summed E-state index contributed by atoms with van der Waals surface area (Å²) >= 11 is 0. The molecule has 0 unspecified atom stereocenters. The summed E-state index contributed by atoms with van der Waals surface area (Å²) in [4.78, 5) is 12.5. The average Bonchev–Trinajstić information content (AvgIpc) is 3.25. The van der Waals surface area contributed by atoms with Crippen molar-refractivity contribution in [3.63, 3.8) is 0 Å². The normalized spacial score (nSPS) is 10.7. The second-order valence-corrected chi connectivity index (χ2v) is 7.40. The van der Waals surface area contributed by atoms with Crippen molar-refractivity contribution in [3.05, 3.63) is 53.3 Å². The Hall–Kier alpha value is -3.56. The molecule has 2 aromatic carbocycles. The zero-order valence-electron chi connectivity index (χ0n) is 21.0. The first-order valence-electron chi connectivity index (χ1n) is 11.4. The number of hydrogen-bond acceptors (Lipinski definition) is 5. The number of nitrogens with zero attached hydrogens (tertiary/aromatic N) is 3. The van der Waals surface area contributed by atoms with Gasteiger partial charge in [0.05, 0.1) is 5.56 Å². The number of carbonyl (C=O) groups is 1. The molecule has 0 bridgehead atoms. The lowest BCUT2D eigenvalue weighted by Gasteiger charge is -2.15. The standard InChI is InChI=1S/C21H21F3N4O3.2C2H6/c1-11(2)14-8-15(17(30)9-16(14)29)18-26-27-19(20(31)25-10-21(22,23)24)28(18)13-6-4-12(3)5-7-13;2*1-2/h4-9,11,29-30H,10H2,1-3H3,(H,25,31);2*1-2H3. The Kier molecular flexibility index (Phi) is 10.8. The van der Waals surface area contributed by atoms with E-state index in [1.54, 1.807) is 29.6 Å². The Morgan fingerprint density at radius 1 is 1.00 bits per heavy atom. The van der Waals surface area contributed by atoms with Gasteiger partial charge in [0.1, 0.15) is 18.0 Å². The number of aromatic nitrogens is 3. The minimum atomic E-state index is -4.59. The molecule has 0 radical (unpaired) electrons. The van der Waals surface area contributed by atoms with E-state index < -0.39 is 18.6 Å². The fourth-order valence-electron chi connectivity index (χ4n) is 3.04. The second-order valence-electron chi connectivity index (χ2n) is 7.40. The van der Waals surface area contributed by atoms with E-state index in [4.69, 9.17) is 0 Å². The molecule has 0 aliphatic carbocycles. The van der Waals surface area contributed by atoms with Crippen LogP contribution in [0.15, 0.2) is 36.4 Å². The van der Waals surface area contributed by atoms with E-state index in [-0.39, 0.29) is 34.6 Å². The molecule has 1 aromatic heterocycles. The Labute approximate surface area is 203 Å². The number of aryl methyl sites for hydroxylation is 1. The third-order valence-corrected chi connectivity index (χ3v) is 4.62. The number of aromatic hydroxyl groups is 2. The third kappa shape index (κ3) is 7.46. The Balaban J connectivity index is 0.00000145. The Morgan fingerprint density at radius 3 is 2.09 bits per heavy atom. The van der Waals surface area contributed by atoms with Crippen molar-refractivity contribution in [2.75, 3.05) is 6.54 Å². The lowest BCUT2D eigenvalue weighted by molar-refractivity contribution is -0.123. The Morgan fingerprint density at radius 2 is 1.57 bits per heavy atom. The number of rotatable bonds is 5. The molecule has 1 heterocycles. The van der Waals surface area contributed by atoms with E-state index in [9.17, 15) is 28.2 Å². The van der Waals surface area contributed by atoms with Gasteiger partial charge >= 0.3 is 6.18 Å². The van der Waals surface area contributed by atoms with Gasteiger partial charge in [-0.25, -0.2) is 0 Å². The predicted molar refractivity (Wildman–Crippen MR) is 130 cm³/mol. The molecule has 0 aliphatic heterocycles. The lowest BCUT2D eigenvalue weighted by Crippen LogP contribution is -2.35. The van der Waals surface area contributed by atoms with E-state index in [2.05, 4.69) is 10.2 Å². The molecule has 35 heavy (non-hydrogen) atoms. The highest BCUT2D eigenvalue weighted by atomic mass is 19.4. The quantitative estimate of drug-likeness (QED) is 0.397. The van der Waals surface area contributed by atoms with Crippen molar-refractivity contribution in [3.8, 4) is 28.6 Å². The van der Waals surface area contributed by atoms with E-state index in [0.29, 0.717) is 11.3 Å². The first kappa shape index (κ1) is 29.5. The molecule has 3 aromatic rings. The summed E-state index contributed by atoms with van der Waals surface area (Å²) in [5, 5.41) is 30.1. The summed E-state index contributed by atoms with van der Waals surface area (Å²) in [7, 11) is 0. The van der Waals surface area contributed by atoms with Crippen LogP contribution in [0.4, 0.5) is 13.2 Å². The maximum absolute atomic E-state index is 12.6. The summed E-state index contributed by atoms with van der Waals surface area (Å²) in [6.45, 7) is 12.0. The fraction of sp³-hybridized carbons (Fsp3) is 0.400. The summed E-state index contributed by atoms with van der Waals surface area (Å²) < 4.78 is 39.0. The first-order chi connectivity index (χ1) is 16.5. The van der Waals surface area contributed by atoms with Crippen molar-refractivity contribution < 1.29 is 28.2 Å². The van der Waals surface area contributed by atoms with Gasteiger partial charge in [-0.15, -0.1) is 10.2 Å². The van der Waals surface area contributed by atoms with Gasteiger partial charge in [0.2, 0.25) is 5.82 Å². The van der Waals surface area contributed by atoms with Crippen molar-refractivity contribution >= 4 is 5.91 Å². The summed E-state index contributed by atoms with van der Waals surface area (Å²) in [5.74, 6) is -1.92. The van der Waals surface area contributed by atoms with Gasteiger partial charge in [-0.05, 0) is 36.6 Å². The lowest BCUT2D eigenvalue weighted by atomic mass is 9.98. The second kappa shape index (κ2) is 12.8. The van der Waals surface area contributed by atoms with Gasteiger partial charge in [-0.1, -0.05) is 59.2 Å². The first-order valence-corrected chi connectivity index (χ1v) is 11.4. The number of amides is 1. The molecule has 0 fully saturated rings. The number of benzene rings is 2. The van der Waals surface area contributed by atoms with Crippen LogP contribution >= 0.6 is 0 Å². The molecule has 10 heteroatoms. The van der Waals surface area contributed by atoms with Gasteiger partial charge in [-0.2, -0.15) is 13.2 Å². The SMILES string of the molecule is CC.CC.Cc1ccc(-n2c(C(=O)NCC(F)(F)F)nnc2-c2cc(C(C)C)c(O)cc2O)cc1. The van der Waals surface area contributed by atoms with Gasteiger partial charge < -0.3 is 15.5 Å². The third-order valence-electron chi connectivity index (χ3n) is 4.62. The van der Waals surface area contributed by atoms with Crippen LogP contribution in [0, 0.1) is 6.92 Å². The maximum Gasteiger partial charge on any atom is 0.405 e. The molecule has 0 saturated carbocycles. The van der Waals surface area contributed by atoms with Gasteiger partial charge in [0.15, 0.2) is 5.82 Å². The number of halogens is 3. The summed E-state index contributed by atoms with van der Waals surface area (Å²) in [6, 6.07) is 9.50. The maximum atomic E-state index is 12.6. The predicted octanol–water partition coefficient (Wildman–Crippen LogP) is 6.12. The molecule has 0 aliphatic rings. The number of carbonyl (C=O) groups excluding carboxylic acids is 1. The minimum Gasteiger partial charge on any atom is -0.508 e. The van der Waals surface area contributed by atoms with E-state index in [0.717, 1.165) is 11.6 Å². The van der Waals surface area contributed by atoms with Crippen LogP contribution in [0.5, 0.6) is 11.5 Å². The van der Waals surface area contributed by atoms with Crippen LogP contribution in [0.3, 0.4) is 0 Å². The van der Waals surface area contributed by atoms with Gasteiger partial charge in [0.25, 0.3) is 5.91 Å². The molecule has 1 amide bonds. The van der Waals surface area contributed by atoms with Crippen molar-refractivity contribution in [1.29, 1.82) is 0 Å². The summed E-state index contributed by atoms with van der Waals surface area (Å²) in [5.41, 5.74) is 2.04. The van der Waals surface area contributed by atoms with Crippen LogP contribution in [0.25, 0.3) is 17.1 Å². The Bertz CT molecular complexity index is 1110. The van der Waals surface area contributed by atoms with Crippen LogP contribution in [-0.4, -0.2) is 43.6 Å². The largest absolute Gasteiger partial charge is 0.508 e. The van der Waals surface area contributed by atoms with Crippen LogP contribution in [0.1, 0.15) is 69.2 Å². The monoisotopic (exact) mass is 494 g/mol. The molecule has 0 atom stereocenters.